The van der Waals surface area contributed by atoms with Crippen LogP contribution in [0.4, 0.5) is 0 Å². The minimum absolute atomic E-state index is 0.104. The minimum Gasteiger partial charge on any atom is -0.342 e. The highest BCUT2D eigenvalue weighted by atomic mass is 16.2. The van der Waals surface area contributed by atoms with Crippen LogP contribution in [0, 0.1) is 0 Å². The second-order valence-electron chi connectivity index (χ2n) is 3.00. The quantitative estimate of drug-likeness (QED) is 0.603. The zero-order valence-electron chi connectivity index (χ0n) is 8.46. The number of nitrogens with zero attached hydrogens (tertiary/aromatic N) is 1. The molecule has 0 aliphatic carbocycles. The Kier molecular flexibility index (Phi) is 7.63. The molecule has 4 N–H and O–H groups in total. The largest absolute Gasteiger partial charge is 0.342 e. The maximum atomic E-state index is 11.1. The summed E-state index contributed by atoms with van der Waals surface area (Å²) in [7, 11) is 1.50. The fraction of sp³-hybridized carbons (Fsp3) is 0.889. The average molecular weight is 187 g/mol. The van der Waals surface area contributed by atoms with Gasteiger partial charge in [0.05, 0.1) is 6.54 Å². The molecule has 1 heterocycles. The van der Waals surface area contributed by atoms with Crippen LogP contribution < -0.4 is 11.5 Å². The molecule has 78 valence electrons. The third-order valence-electron chi connectivity index (χ3n) is 2.13. The molecule has 1 fully saturated rings. The van der Waals surface area contributed by atoms with Crippen LogP contribution in [0.5, 0.6) is 0 Å². The summed E-state index contributed by atoms with van der Waals surface area (Å²) in [6.07, 6.45) is 4.81. The zero-order chi connectivity index (χ0) is 10.1. The van der Waals surface area contributed by atoms with Gasteiger partial charge in [-0.3, -0.25) is 4.79 Å². The van der Waals surface area contributed by atoms with Gasteiger partial charge in [0.25, 0.3) is 0 Å². The van der Waals surface area contributed by atoms with Crippen molar-refractivity contribution in [3.63, 3.8) is 0 Å². The van der Waals surface area contributed by atoms with Gasteiger partial charge in [0, 0.05) is 13.1 Å². The number of carbonyl (C=O) groups is 1. The Balaban J connectivity index is 0.000000671. The predicted molar refractivity (Wildman–Crippen MR) is 54.2 cm³/mol. The van der Waals surface area contributed by atoms with Gasteiger partial charge in [-0.25, -0.2) is 0 Å². The summed E-state index contributed by atoms with van der Waals surface area (Å²) in [5.41, 5.74) is 9.76. The van der Waals surface area contributed by atoms with Gasteiger partial charge < -0.3 is 16.4 Å². The summed E-state index contributed by atoms with van der Waals surface area (Å²) in [6.45, 7) is 1.99. The van der Waals surface area contributed by atoms with Gasteiger partial charge in [-0.1, -0.05) is 12.8 Å². The normalized spacial score (nSPS) is 17.0. The molecule has 1 aliphatic rings. The van der Waals surface area contributed by atoms with E-state index in [1.54, 1.807) is 0 Å². The average Bonchev–Trinajstić information content (AvgIpc) is 2.48. The van der Waals surface area contributed by atoms with Crippen LogP contribution in [0.2, 0.25) is 0 Å². The predicted octanol–water partition coefficient (Wildman–Crippen LogP) is -0.0774. The number of rotatable bonds is 1. The first-order valence-corrected chi connectivity index (χ1v) is 4.90. The molecule has 4 nitrogen and oxygen atoms in total. The summed E-state index contributed by atoms with van der Waals surface area (Å²) in [4.78, 5) is 13.0. The molecule has 4 heteroatoms. The Morgan fingerprint density at radius 2 is 1.62 bits per heavy atom. The van der Waals surface area contributed by atoms with Crippen molar-refractivity contribution < 1.29 is 4.79 Å². The van der Waals surface area contributed by atoms with E-state index in [-0.39, 0.29) is 12.5 Å². The van der Waals surface area contributed by atoms with Crippen LogP contribution >= 0.6 is 0 Å². The molecular formula is C9H21N3O. The van der Waals surface area contributed by atoms with Crippen molar-refractivity contribution in [3.8, 4) is 0 Å². The highest BCUT2D eigenvalue weighted by Gasteiger charge is 2.12. The van der Waals surface area contributed by atoms with Crippen LogP contribution in [-0.4, -0.2) is 37.5 Å². The van der Waals surface area contributed by atoms with Crippen molar-refractivity contribution in [2.75, 3.05) is 26.7 Å². The zero-order valence-corrected chi connectivity index (χ0v) is 8.46. The number of nitrogens with two attached hydrogens (primary N) is 2. The Morgan fingerprint density at radius 3 is 2.00 bits per heavy atom. The third-order valence-corrected chi connectivity index (χ3v) is 2.13. The molecule has 1 saturated heterocycles. The highest BCUT2D eigenvalue weighted by Crippen LogP contribution is 2.08. The van der Waals surface area contributed by atoms with E-state index in [4.69, 9.17) is 5.73 Å². The van der Waals surface area contributed by atoms with Gasteiger partial charge in [0.2, 0.25) is 5.91 Å². The molecule has 1 aliphatic heterocycles. The molecular weight excluding hydrogens is 166 g/mol. The molecule has 1 rings (SSSR count). The SMILES string of the molecule is CN.NCC(=O)N1CCCCCC1. The summed E-state index contributed by atoms with van der Waals surface area (Å²) in [6, 6.07) is 0. The van der Waals surface area contributed by atoms with Gasteiger partial charge in [0.15, 0.2) is 0 Å². The number of amides is 1. The number of hydrogen-bond acceptors (Lipinski definition) is 3. The lowest BCUT2D eigenvalue weighted by Gasteiger charge is -2.18. The van der Waals surface area contributed by atoms with E-state index in [1.165, 1.54) is 19.9 Å². The Labute approximate surface area is 80.3 Å². The van der Waals surface area contributed by atoms with E-state index < -0.39 is 0 Å². The van der Waals surface area contributed by atoms with E-state index in [0.717, 1.165) is 25.9 Å². The van der Waals surface area contributed by atoms with E-state index >= 15 is 0 Å². The topological polar surface area (TPSA) is 72.3 Å². The first-order chi connectivity index (χ1) is 6.34. The Morgan fingerprint density at radius 1 is 1.15 bits per heavy atom. The molecule has 0 aromatic rings. The Hall–Kier alpha value is -0.610. The van der Waals surface area contributed by atoms with E-state index in [9.17, 15) is 4.79 Å². The lowest BCUT2D eigenvalue weighted by atomic mass is 10.2. The van der Waals surface area contributed by atoms with E-state index in [1.807, 2.05) is 4.90 Å². The second-order valence-corrected chi connectivity index (χ2v) is 3.00. The number of likely N-dealkylation sites (tertiary alicyclic amines) is 1. The molecule has 0 spiro atoms. The lowest BCUT2D eigenvalue weighted by Crippen LogP contribution is -2.36. The van der Waals surface area contributed by atoms with Crippen LogP contribution in [0.1, 0.15) is 25.7 Å². The summed E-state index contributed by atoms with van der Waals surface area (Å²) < 4.78 is 0. The van der Waals surface area contributed by atoms with Crippen molar-refractivity contribution in [2.45, 2.75) is 25.7 Å². The maximum absolute atomic E-state index is 11.1. The molecule has 0 unspecified atom stereocenters. The fourth-order valence-corrected chi connectivity index (χ4v) is 1.45. The third kappa shape index (κ3) is 4.85. The van der Waals surface area contributed by atoms with Gasteiger partial charge >= 0.3 is 0 Å². The van der Waals surface area contributed by atoms with E-state index in [2.05, 4.69) is 5.73 Å². The molecule has 13 heavy (non-hydrogen) atoms. The van der Waals surface area contributed by atoms with Gasteiger partial charge in [0.1, 0.15) is 0 Å². The number of hydrogen-bond donors (Lipinski definition) is 2. The van der Waals surface area contributed by atoms with Crippen LogP contribution in [0.25, 0.3) is 0 Å². The minimum atomic E-state index is 0.104. The maximum Gasteiger partial charge on any atom is 0.236 e. The first-order valence-electron chi connectivity index (χ1n) is 4.90. The highest BCUT2D eigenvalue weighted by molar-refractivity contribution is 5.77. The molecule has 0 saturated carbocycles. The summed E-state index contributed by atoms with van der Waals surface area (Å²) in [5, 5.41) is 0. The molecule has 0 aromatic carbocycles. The standard InChI is InChI=1S/C8H16N2O.CH5N/c9-7-8(11)10-5-3-1-2-4-6-10;1-2/h1-7,9H2;2H2,1H3. The molecule has 0 atom stereocenters. The van der Waals surface area contributed by atoms with Crippen molar-refractivity contribution in [3.05, 3.63) is 0 Å². The smallest absolute Gasteiger partial charge is 0.236 e. The monoisotopic (exact) mass is 187 g/mol. The fourth-order valence-electron chi connectivity index (χ4n) is 1.45. The van der Waals surface area contributed by atoms with Gasteiger partial charge in [-0.15, -0.1) is 0 Å². The van der Waals surface area contributed by atoms with Crippen LogP contribution in [0.15, 0.2) is 0 Å². The summed E-state index contributed by atoms with van der Waals surface area (Å²) >= 11 is 0. The van der Waals surface area contributed by atoms with Crippen molar-refractivity contribution >= 4 is 5.91 Å². The van der Waals surface area contributed by atoms with Crippen molar-refractivity contribution in [2.24, 2.45) is 11.5 Å². The molecule has 0 radical (unpaired) electrons. The van der Waals surface area contributed by atoms with Gasteiger partial charge in [-0.2, -0.15) is 0 Å². The Bertz CT molecular complexity index is 131. The molecule has 1 amide bonds. The molecule has 0 aromatic heterocycles. The first kappa shape index (κ1) is 12.4. The second kappa shape index (κ2) is 8.01. The van der Waals surface area contributed by atoms with Gasteiger partial charge in [-0.05, 0) is 19.9 Å². The van der Waals surface area contributed by atoms with E-state index in [0.29, 0.717) is 0 Å². The van der Waals surface area contributed by atoms with Crippen LogP contribution in [0.3, 0.4) is 0 Å². The lowest BCUT2D eigenvalue weighted by molar-refractivity contribution is -0.129. The number of carbonyl (C=O) groups excluding carboxylic acids is 1. The van der Waals surface area contributed by atoms with Crippen molar-refractivity contribution in [1.82, 2.24) is 4.90 Å². The summed E-state index contributed by atoms with van der Waals surface area (Å²) in [5.74, 6) is 0.104. The van der Waals surface area contributed by atoms with Crippen molar-refractivity contribution in [1.29, 1.82) is 0 Å². The van der Waals surface area contributed by atoms with Crippen LogP contribution in [-0.2, 0) is 4.79 Å². The molecule has 0 bridgehead atoms.